The van der Waals surface area contributed by atoms with E-state index in [0.29, 0.717) is 11.9 Å². The Bertz CT molecular complexity index is 387. The third-order valence-corrected chi connectivity index (χ3v) is 4.10. The van der Waals surface area contributed by atoms with Crippen molar-refractivity contribution < 1.29 is 0 Å². The molecule has 0 N–H and O–H groups in total. The number of nitrogens with zero attached hydrogens (tertiary/aromatic N) is 1. The van der Waals surface area contributed by atoms with Crippen molar-refractivity contribution in [1.82, 2.24) is 0 Å². The first-order valence-electron chi connectivity index (χ1n) is 6.55. The lowest BCUT2D eigenvalue weighted by Crippen LogP contribution is -2.33. The van der Waals surface area contributed by atoms with Crippen molar-refractivity contribution in [3.05, 3.63) is 29.3 Å². The number of halogens is 1. The van der Waals surface area contributed by atoms with Gasteiger partial charge in [0.2, 0.25) is 0 Å². The summed E-state index contributed by atoms with van der Waals surface area (Å²) < 4.78 is 0. The largest absolute Gasteiger partial charge is 0.368 e. The van der Waals surface area contributed by atoms with Gasteiger partial charge in [-0.15, -0.1) is 11.6 Å². The molecule has 17 heavy (non-hydrogen) atoms. The van der Waals surface area contributed by atoms with Crippen LogP contribution >= 0.6 is 11.6 Å². The molecule has 2 rings (SSSR count). The summed E-state index contributed by atoms with van der Waals surface area (Å²) in [4.78, 5) is 2.58. The highest BCUT2D eigenvalue weighted by Crippen LogP contribution is 2.32. The van der Waals surface area contributed by atoms with Gasteiger partial charge in [0.15, 0.2) is 0 Å². The standard InChI is InChI=1S/C15H22ClN/c1-11(2)14-5-4-8-17(14)15-7-6-13(10-16)9-12(15)3/h6-7,9,11,14H,4-5,8,10H2,1-3H3. The summed E-state index contributed by atoms with van der Waals surface area (Å²) >= 11 is 5.88. The van der Waals surface area contributed by atoms with Gasteiger partial charge in [0, 0.05) is 24.2 Å². The van der Waals surface area contributed by atoms with Crippen LogP contribution < -0.4 is 4.90 Å². The van der Waals surface area contributed by atoms with Crippen molar-refractivity contribution in [2.75, 3.05) is 11.4 Å². The summed E-state index contributed by atoms with van der Waals surface area (Å²) in [6, 6.07) is 7.33. The summed E-state index contributed by atoms with van der Waals surface area (Å²) in [6.45, 7) is 8.04. The average molecular weight is 252 g/mol. The number of aryl methyl sites for hydroxylation is 1. The van der Waals surface area contributed by atoms with E-state index in [0.717, 1.165) is 5.92 Å². The van der Waals surface area contributed by atoms with Gasteiger partial charge in [0.25, 0.3) is 0 Å². The van der Waals surface area contributed by atoms with Gasteiger partial charge in [-0.2, -0.15) is 0 Å². The third-order valence-electron chi connectivity index (χ3n) is 3.79. The zero-order valence-electron chi connectivity index (χ0n) is 11.0. The molecule has 0 spiro atoms. The third kappa shape index (κ3) is 2.60. The minimum absolute atomic E-state index is 0.606. The van der Waals surface area contributed by atoms with Crippen molar-refractivity contribution in [2.45, 2.75) is 45.5 Å². The highest BCUT2D eigenvalue weighted by Gasteiger charge is 2.27. The van der Waals surface area contributed by atoms with Crippen molar-refractivity contribution in [1.29, 1.82) is 0 Å². The SMILES string of the molecule is Cc1cc(CCl)ccc1N1CCCC1C(C)C. The van der Waals surface area contributed by atoms with E-state index in [1.54, 1.807) is 0 Å². The molecule has 1 aliphatic heterocycles. The van der Waals surface area contributed by atoms with Gasteiger partial charge < -0.3 is 4.90 Å². The quantitative estimate of drug-likeness (QED) is 0.722. The van der Waals surface area contributed by atoms with Gasteiger partial charge in [0.1, 0.15) is 0 Å². The number of rotatable bonds is 3. The van der Waals surface area contributed by atoms with Crippen LogP contribution in [0.15, 0.2) is 18.2 Å². The minimum Gasteiger partial charge on any atom is -0.368 e. The molecule has 0 radical (unpaired) electrons. The van der Waals surface area contributed by atoms with Crippen LogP contribution in [0.3, 0.4) is 0 Å². The Kier molecular flexibility index (Phi) is 3.98. The van der Waals surface area contributed by atoms with Gasteiger partial charge in [-0.3, -0.25) is 0 Å². The van der Waals surface area contributed by atoms with E-state index in [2.05, 4.69) is 43.9 Å². The number of anilines is 1. The van der Waals surface area contributed by atoms with Crippen LogP contribution in [0.1, 0.15) is 37.8 Å². The van der Waals surface area contributed by atoms with Crippen LogP contribution in [-0.4, -0.2) is 12.6 Å². The molecule has 1 saturated heterocycles. The van der Waals surface area contributed by atoms with Crippen molar-refractivity contribution in [3.8, 4) is 0 Å². The topological polar surface area (TPSA) is 3.24 Å². The summed E-state index contributed by atoms with van der Waals surface area (Å²) in [6.07, 6.45) is 2.65. The maximum Gasteiger partial charge on any atom is 0.0474 e. The number of hydrogen-bond donors (Lipinski definition) is 0. The van der Waals surface area contributed by atoms with E-state index >= 15 is 0 Å². The average Bonchev–Trinajstić information content (AvgIpc) is 2.77. The second-order valence-electron chi connectivity index (χ2n) is 5.40. The fourth-order valence-corrected chi connectivity index (χ4v) is 3.07. The van der Waals surface area contributed by atoms with Crippen LogP contribution in [-0.2, 0) is 5.88 Å². The number of alkyl halides is 1. The molecule has 0 aliphatic carbocycles. The monoisotopic (exact) mass is 251 g/mol. The molecule has 1 nitrogen and oxygen atoms in total. The van der Waals surface area contributed by atoms with E-state index in [1.807, 2.05) is 0 Å². The molecule has 2 heteroatoms. The molecule has 1 aliphatic rings. The summed E-state index contributed by atoms with van der Waals surface area (Å²) in [7, 11) is 0. The second-order valence-corrected chi connectivity index (χ2v) is 5.67. The van der Waals surface area contributed by atoms with E-state index in [1.165, 1.54) is 36.2 Å². The molecule has 1 fully saturated rings. The summed E-state index contributed by atoms with van der Waals surface area (Å²) in [5, 5.41) is 0. The van der Waals surface area contributed by atoms with E-state index in [-0.39, 0.29) is 0 Å². The van der Waals surface area contributed by atoms with E-state index in [9.17, 15) is 0 Å². The first-order valence-corrected chi connectivity index (χ1v) is 7.09. The minimum atomic E-state index is 0.606. The maximum atomic E-state index is 5.88. The molecule has 0 bridgehead atoms. The lowest BCUT2D eigenvalue weighted by molar-refractivity contribution is 0.491. The predicted molar refractivity (Wildman–Crippen MR) is 75.9 cm³/mol. The maximum absolute atomic E-state index is 5.88. The van der Waals surface area contributed by atoms with Crippen molar-refractivity contribution in [3.63, 3.8) is 0 Å². The van der Waals surface area contributed by atoms with Crippen LogP contribution in [0.5, 0.6) is 0 Å². The Balaban J connectivity index is 2.27. The smallest absolute Gasteiger partial charge is 0.0474 e. The van der Waals surface area contributed by atoms with Gasteiger partial charge in [-0.1, -0.05) is 26.0 Å². The molecule has 1 atom stereocenters. The Hall–Kier alpha value is -0.690. The van der Waals surface area contributed by atoms with Gasteiger partial charge in [-0.25, -0.2) is 0 Å². The predicted octanol–water partition coefficient (Wildman–Crippen LogP) is 4.36. The van der Waals surface area contributed by atoms with Crippen LogP contribution in [0.4, 0.5) is 5.69 Å². The molecule has 1 unspecified atom stereocenters. The normalized spacial score (nSPS) is 20.3. The number of benzene rings is 1. The fourth-order valence-electron chi connectivity index (χ4n) is 2.91. The Morgan fingerprint density at radius 3 is 2.76 bits per heavy atom. The van der Waals surface area contributed by atoms with E-state index < -0.39 is 0 Å². The van der Waals surface area contributed by atoms with Crippen LogP contribution in [0.25, 0.3) is 0 Å². The molecule has 0 aromatic heterocycles. The molecule has 0 saturated carbocycles. The molecular weight excluding hydrogens is 230 g/mol. The zero-order chi connectivity index (χ0) is 12.4. The zero-order valence-corrected chi connectivity index (χ0v) is 11.8. The first-order chi connectivity index (χ1) is 8.13. The lowest BCUT2D eigenvalue weighted by atomic mass is 10.0. The summed E-state index contributed by atoms with van der Waals surface area (Å²) in [5.74, 6) is 1.33. The second kappa shape index (κ2) is 5.30. The fraction of sp³-hybridized carbons (Fsp3) is 0.600. The molecule has 1 heterocycles. The van der Waals surface area contributed by atoms with Gasteiger partial charge in [0.05, 0.1) is 0 Å². The van der Waals surface area contributed by atoms with Gasteiger partial charge >= 0.3 is 0 Å². The molecule has 1 aromatic carbocycles. The van der Waals surface area contributed by atoms with Crippen molar-refractivity contribution in [2.24, 2.45) is 5.92 Å². The van der Waals surface area contributed by atoms with Crippen molar-refractivity contribution >= 4 is 17.3 Å². The number of hydrogen-bond acceptors (Lipinski definition) is 1. The Labute approximate surface area is 110 Å². The van der Waals surface area contributed by atoms with Gasteiger partial charge in [-0.05, 0) is 42.9 Å². The highest BCUT2D eigenvalue weighted by molar-refractivity contribution is 6.17. The van der Waals surface area contributed by atoms with Crippen LogP contribution in [0, 0.1) is 12.8 Å². The molecular formula is C15H22ClN. The first kappa shape index (κ1) is 12.8. The Morgan fingerprint density at radius 2 is 2.18 bits per heavy atom. The summed E-state index contributed by atoms with van der Waals surface area (Å²) in [5.41, 5.74) is 3.97. The Morgan fingerprint density at radius 1 is 1.41 bits per heavy atom. The molecule has 0 amide bonds. The highest BCUT2D eigenvalue weighted by atomic mass is 35.5. The molecule has 1 aromatic rings. The lowest BCUT2D eigenvalue weighted by Gasteiger charge is -2.31. The molecule has 94 valence electrons. The van der Waals surface area contributed by atoms with Crippen LogP contribution in [0.2, 0.25) is 0 Å². The van der Waals surface area contributed by atoms with E-state index in [4.69, 9.17) is 11.6 Å².